The number of carboxylic acids is 1. The van der Waals surface area contributed by atoms with Crippen LogP contribution in [0.25, 0.3) is 21.9 Å². The fourth-order valence-corrected chi connectivity index (χ4v) is 5.51. The summed E-state index contributed by atoms with van der Waals surface area (Å²) in [6.45, 7) is 0. The smallest absolute Gasteiger partial charge is 0.416 e. The zero-order chi connectivity index (χ0) is 27.7. The molecule has 0 bridgehead atoms. The molecule has 1 aliphatic rings. The number of anilines is 1. The normalized spacial score (nSPS) is 19.5. The Hall–Kier alpha value is -4.27. The molecule has 0 saturated heterocycles. The number of carbonyl (C=O) groups is 2. The largest absolute Gasteiger partial charge is 0.481 e. The quantitative estimate of drug-likeness (QED) is 0.263. The number of rotatable bonds is 5. The molecule has 0 aliphatic heterocycles. The summed E-state index contributed by atoms with van der Waals surface area (Å²) >= 11 is 0. The number of benzene rings is 3. The van der Waals surface area contributed by atoms with Gasteiger partial charge in [0.25, 0.3) is 0 Å². The van der Waals surface area contributed by atoms with E-state index in [2.05, 4.69) is 10.3 Å². The molecule has 1 heterocycles. The molecule has 0 unspecified atom stereocenters. The lowest BCUT2D eigenvalue weighted by atomic mass is 9.69. The van der Waals surface area contributed by atoms with Crippen molar-refractivity contribution in [1.82, 2.24) is 4.98 Å². The highest BCUT2D eigenvalue weighted by Gasteiger charge is 2.43. The van der Waals surface area contributed by atoms with Gasteiger partial charge in [-0.3, -0.25) is 14.6 Å². The number of aliphatic carboxylic acids is 1. The number of halogens is 4. The first-order valence-electron chi connectivity index (χ1n) is 12.5. The van der Waals surface area contributed by atoms with Gasteiger partial charge in [-0.05, 0) is 65.1 Å². The van der Waals surface area contributed by atoms with Gasteiger partial charge >= 0.3 is 12.1 Å². The van der Waals surface area contributed by atoms with Crippen molar-refractivity contribution < 1.29 is 32.3 Å². The number of alkyl halides is 3. The van der Waals surface area contributed by atoms with E-state index in [-0.39, 0.29) is 6.42 Å². The standard InChI is InChI=1S/C30H24F4N2O3/c31-25-15-20(30(32,33)34)11-12-26(25)36-28(37)24-6-2-5-23(27(24)29(38)39)18-9-7-17(8-10-18)21-4-1-3-19-16-35-14-13-22(19)21/h1,3-4,7-16,23-24,27H,2,5-6H2,(H,36,37)(H,38,39)/t23-,24-,27-/m1/s1. The maximum absolute atomic E-state index is 14.3. The highest BCUT2D eigenvalue weighted by atomic mass is 19.4. The van der Waals surface area contributed by atoms with E-state index in [0.29, 0.717) is 25.0 Å². The molecular formula is C30H24F4N2O3. The summed E-state index contributed by atoms with van der Waals surface area (Å²) in [5.74, 6) is -5.64. The summed E-state index contributed by atoms with van der Waals surface area (Å²) < 4.78 is 52.9. The molecule has 4 aromatic rings. The number of hydrogen-bond acceptors (Lipinski definition) is 3. The zero-order valence-electron chi connectivity index (χ0n) is 20.6. The lowest BCUT2D eigenvalue weighted by Gasteiger charge is -2.35. The summed E-state index contributed by atoms with van der Waals surface area (Å²) in [5.41, 5.74) is 1.13. The number of aromatic nitrogens is 1. The van der Waals surface area contributed by atoms with Crippen molar-refractivity contribution in [3.05, 3.63) is 96.1 Å². The molecule has 3 atom stereocenters. The van der Waals surface area contributed by atoms with Crippen LogP contribution in [0.4, 0.5) is 23.2 Å². The second kappa shape index (κ2) is 10.5. The van der Waals surface area contributed by atoms with Gasteiger partial charge in [-0.25, -0.2) is 4.39 Å². The third kappa shape index (κ3) is 5.34. The van der Waals surface area contributed by atoms with Crippen molar-refractivity contribution in [2.24, 2.45) is 11.8 Å². The SMILES string of the molecule is O=C(O)[C@@H]1[C@@H](c2ccc(-c3cccc4cnccc34)cc2)CCC[C@H]1C(=O)Nc1ccc(C(F)(F)F)cc1F. The van der Waals surface area contributed by atoms with Gasteiger partial charge in [0.1, 0.15) is 5.82 Å². The molecule has 3 aromatic carbocycles. The van der Waals surface area contributed by atoms with Crippen molar-refractivity contribution in [3.8, 4) is 11.1 Å². The van der Waals surface area contributed by atoms with Gasteiger partial charge in [-0.2, -0.15) is 13.2 Å². The van der Waals surface area contributed by atoms with Crippen LogP contribution in [-0.4, -0.2) is 22.0 Å². The molecule has 1 saturated carbocycles. The molecule has 2 N–H and O–H groups in total. The number of pyridine rings is 1. The molecule has 0 radical (unpaired) electrons. The van der Waals surface area contributed by atoms with Crippen LogP contribution in [0.15, 0.2) is 79.1 Å². The topological polar surface area (TPSA) is 79.3 Å². The van der Waals surface area contributed by atoms with Gasteiger partial charge < -0.3 is 10.4 Å². The Labute approximate surface area is 221 Å². The van der Waals surface area contributed by atoms with Crippen molar-refractivity contribution in [2.75, 3.05) is 5.32 Å². The first-order chi connectivity index (χ1) is 18.6. The minimum Gasteiger partial charge on any atom is -0.481 e. The fourth-order valence-electron chi connectivity index (χ4n) is 5.51. The van der Waals surface area contributed by atoms with E-state index in [0.717, 1.165) is 33.5 Å². The Kier molecular flexibility index (Phi) is 7.08. The van der Waals surface area contributed by atoms with E-state index in [1.807, 2.05) is 48.5 Å². The van der Waals surface area contributed by atoms with E-state index < -0.39 is 52.9 Å². The van der Waals surface area contributed by atoms with Gasteiger partial charge in [0.2, 0.25) is 5.91 Å². The maximum Gasteiger partial charge on any atom is 0.416 e. The summed E-state index contributed by atoms with van der Waals surface area (Å²) in [6.07, 6.45) is 0.170. The van der Waals surface area contributed by atoms with Crippen LogP contribution in [0.2, 0.25) is 0 Å². The van der Waals surface area contributed by atoms with Crippen LogP contribution in [0.3, 0.4) is 0 Å². The van der Waals surface area contributed by atoms with E-state index in [9.17, 15) is 32.3 Å². The van der Waals surface area contributed by atoms with E-state index in [4.69, 9.17) is 0 Å². The molecular weight excluding hydrogens is 512 g/mol. The molecule has 5 nitrogen and oxygen atoms in total. The lowest BCUT2D eigenvalue weighted by Crippen LogP contribution is -2.40. The van der Waals surface area contributed by atoms with Gasteiger partial charge in [0.05, 0.1) is 23.1 Å². The van der Waals surface area contributed by atoms with Crippen LogP contribution in [-0.2, 0) is 15.8 Å². The summed E-state index contributed by atoms with van der Waals surface area (Å²) in [4.78, 5) is 29.6. The average Bonchev–Trinajstić information content (AvgIpc) is 2.93. The van der Waals surface area contributed by atoms with Gasteiger partial charge in [-0.1, -0.05) is 48.9 Å². The second-order valence-electron chi connectivity index (χ2n) is 9.71. The molecule has 9 heteroatoms. The van der Waals surface area contributed by atoms with Crippen molar-refractivity contribution in [1.29, 1.82) is 0 Å². The molecule has 1 aromatic heterocycles. The lowest BCUT2D eigenvalue weighted by molar-refractivity contribution is -0.148. The fraction of sp³-hybridized carbons (Fsp3) is 0.233. The third-order valence-electron chi connectivity index (χ3n) is 7.40. The van der Waals surface area contributed by atoms with Gasteiger partial charge in [-0.15, -0.1) is 0 Å². The monoisotopic (exact) mass is 536 g/mol. The minimum absolute atomic E-state index is 0.268. The van der Waals surface area contributed by atoms with Gasteiger partial charge in [0.15, 0.2) is 0 Å². The summed E-state index contributed by atoms with van der Waals surface area (Å²) in [5, 5.41) is 14.4. The number of amides is 1. The van der Waals surface area contributed by atoms with Crippen LogP contribution in [0.1, 0.15) is 36.3 Å². The third-order valence-corrected chi connectivity index (χ3v) is 7.40. The number of nitrogens with one attached hydrogen (secondary N) is 1. The number of hydrogen-bond donors (Lipinski definition) is 2. The van der Waals surface area contributed by atoms with Crippen LogP contribution < -0.4 is 5.32 Å². The highest BCUT2D eigenvalue weighted by Crippen LogP contribution is 2.43. The van der Waals surface area contributed by atoms with E-state index in [1.54, 1.807) is 12.4 Å². The van der Waals surface area contributed by atoms with Crippen molar-refractivity contribution >= 4 is 28.3 Å². The molecule has 1 amide bonds. The number of fused-ring (bicyclic) bond motifs is 1. The Balaban J connectivity index is 1.39. The molecule has 0 spiro atoms. The van der Waals surface area contributed by atoms with Crippen molar-refractivity contribution in [3.63, 3.8) is 0 Å². The molecule has 39 heavy (non-hydrogen) atoms. The Morgan fingerprint density at radius 2 is 1.74 bits per heavy atom. The van der Waals surface area contributed by atoms with Crippen LogP contribution in [0.5, 0.6) is 0 Å². The Morgan fingerprint density at radius 1 is 0.974 bits per heavy atom. The first-order valence-corrected chi connectivity index (χ1v) is 12.5. The zero-order valence-corrected chi connectivity index (χ0v) is 20.6. The van der Waals surface area contributed by atoms with E-state index >= 15 is 0 Å². The first kappa shape index (κ1) is 26.3. The molecule has 1 fully saturated rings. The Morgan fingerprint density at radius 3 is 2.44 bits per heavy atom. The predicted octanol–water partition coefficient (Wildman–Crippen LogP) is 7.28. The van der Waals surface area contributed by atoms with E-state index in [1.165, 1.54) is 0 Å². The number of carboxylic acid groups (broad SMARTS) is 1. The summed E-state index contributed by atoms with van der Waals surface area (Å²) in [7, 11) is 0. The Bertz CT molecular complexity index is 1530. The second-order valence-corrected chi connectivity index (χ2v) is 9.71. The molecule has 5 rings (SSSR count). The maximum atomic E-state index is 14.3. The summed E-state index contributed by atoms with van der Waals surface area (Å²) in [6, 6.07) is 17.2. The molecule has 200 valence electrons. The number of nitrogens with zero attached hydrogens (tertiary/aromatic N) is 1. The predicted molar refractivity (Wildman–Crippen MR) is 138 cm³/mol. The average molecular weight is 537 g/mol. The van der Waals surface area contributed by atoms with Crippen LogP contribution in [0, 0.1) is 17.7 Å². The van der Waals surface area contributed by atoms with Gasteiger partial charge in [0, 0.05) is 17.8 Å². The minimum atomic E-state index is -4.73. The number of carbonyl (C=O) groups excluding carboxylic acids is 1. The highest BCUT2D eigenvalue weighted by molar-refractivity contribution is 5.97. The van der Waals surface area contributed by atoms with Crippen LogP contribution >= 0.6 is 0 Å². The van der Waals surface area contributed by atoms with Crippen molar-refractivity contribution in [2.45, 2.75) is 31.4 Å². The molecule has 1 aliphatic carbocycles.